The van der Waals surface area contributed by atoms with Crippen molar-refractivity contribution < 1.29 is 4.52 Å². The van der Waals surface area contributed by atoms with Gasteiger partial charge in [0.2, 0.25) is 0 Å². The van der Waals surface area contributed by atoms with Crippen molar-refractivity contribution in [1.29, 1.82) is 0 Å². The molecule has 0 bridgehead atoms. The van der Waals surface area contributed by atoms with Crippen molar-refractivity contribution in [3.8, 4) is 11.6 Å². The van der Waals surface area contributed by atoms with Crippen LogP contribution in [0.15, 0.2) is 51.8 Å². The molecule has 1 saturated heterocycles. The number of piperazine rings is 1. The zero-order chi connectivity index (χ0) is 17.9. The number of halogens is 1. The third-order valence-corrected chi connectivity index (χ3v) is 4.51. The molecule has 27 heavy (non-hydrogen) atoms. The molecule has 9 heteroatoms. The van der Waals surface area contributed by atoms with Gasteiger partial charge in [0.15, 0.2) is 5.82 Å². The Morgan fingerprint density at radius 1 is 1.22 bits per heavy atom. The van der Waals surface area contributed by atoms with E-state index in [1.807, 2.05) is 37.4 Å². The third-order valence-electron chi connectivity index (χ3n) is 4.51. The first-order chi connectivity index (χ1) is 12.7. The first kappa shape index (κ1) is 19.2. The van der Waals surface area contributed by atoms with Gasteiger partial charge in [-0.1, -0.05) is 35.5 Å². The molecule has 3 heterocycles. The maximum Gasteiger partial charge on any atom is 0.278 e. The highest BCUT2D eigenvalue weighted by Crippen LogP contribution is 2.21. The van der Waals surface area contributed by atoms with Gasteiger partial charge in [0, 0.05) is 25.7 Å². The molecule has 1 atom stereocenters. The van der Waals surface area contributed by atoms with E-state index in [-0.39, 0.29) is 24.0 Å². The molecule has 2 aromatic heterocycles. The molecule has 142 valence electrons. The van der Waals surface area contributed by atoms with E-state index in [4.69, 9.17) is 4.52 Å². The summed E-state index contributed by atoms with van der Waals surface area (Å²) < 4.78 is 6.81. The van der Waals surface area contributed by atoms with Crippen LogP contribution >= 0.6 is 12.4 Å². The minimum absolute atomic E-state index is 0. The normalized spacial score (nSPS) is 17.4. The topological polar surface area (TPSA) is 89.1 Å². The first-order valence-electron chi connectivity index (χ1n) is 8.58. The Labute approximate surface area is 162 Å². The van der Waals surface area contributed by atoms with Crippen molar-refractivity contribution in [2.45, 2.75) is 12.6 Å². The van der Waals surface area contributed by atoms with Crippen molar-refractivity contribution in [3.05, 3.63) is 64.2 Å². The van der Waals surface area contributed by atoms with Gasteiger partial charge in [0.25, 0.3) is 11.4 Å². The van der Waals surface area contributed by atoms with E-state index >= 15 is 0 Å². The fraction of sp³-hybridized carbons (Fsp3) is 0.333. The minimum Gasteiger partial charge on any atom is -0.332 e. The van der Waals surface area contributed by atoms with Crippen LogP contribution in [-0.2, 0) is 6.54 Å². The highest BCUT2D eigenvalue weighted by Gasteiger charge is 2.25. The molecule has 1 aliphatic heterocycles. The largest absolute Gasteiger partial charge is 0.332 e. The Morgan fingerprint density at radius 2 is 2.04 bits per heavy atom. The SMILES string of the molecule is CN1CCNCC1c1noc(-c2ccc(=O)n(Cc3ccccc3)n2)n1.Cl. The maximum atomic E-state index is 12.1. The average Bonchev–Trinajstić information content (AvgIpc) is 3.15. The van der Waals surface area contributed by atoms with E-state index in [9.17, 15) is 4.79 Å². The smallest absolute Gasteiger partial charge is 0.278 e. The number of aromatic nitrogens is 4. The van der Waals surface area contributed by atoms with Gasteiger partial charge in [-0.25, -0.2) is 4.68 Å². The lowest BCUT2D eigenvalue weighted by Crippen LogP contribution is -2.44. The highest BCUT2D eigenvalue weighted by atomic mass is 35.5. The molecule has 3 aromatic rings. The summed E-state index contributed by atoms with van der Waals surface area (Å²) in [7, 11) is 2.04. The van der Waals surface area contributed by atoms with E-state index in [1.165, 1.54) is 10.7 Å². The Bertz CT molecular complexity index is 942. The Hall–Kier alpha value is -2.55. The van der Waals surface area contributed by atoms with Crippen LogP contribution in [0.1, 0.15) is 17.4 Å². The number of hydrogen-bond acceptors (Lipinski definition) is 7. The molecule has 4 rings (SSSR count). The zero-order valence-corrected chi connectivity index (χ0v) is 15.7. The Kier molecular flexibility index (Phi) is 6.00. The molecular formula is C18H21ClN6O2. The summed E-state index contributed by atoms with van der Waals surface area (Å²) in [6.07, 6.45) is 0. The lowest BCUT2D eigenvalue weighted by molar-refractivity contribution is 0.190. The van der Waals surface area contributed by atoms with Crippen LogP contribution in [0.4, 0.5) is 0 Å². The maximum absolute atomic E-state index is 12.1. The fourth-order valence-corrected chi connectivity index (χ4v) is 3.00. The van der Waals surface area contributed by atoms with Crippen molar-refractivity contribution in [3.63, 3.8) is 0 Å². The number of likely N-dealkylation sites (N-methyl/N-ethyl adjacent to an activating group) is 1. The van der Waals surface area contributed by atoms with Crippen LogP contribution in [0, 0.1) is 0 Å². The van der Waals surface area contributed by atoms with Crippen LogP contribution in [0.3, 0.4) is 0 Å². The van der Waals surface area contributed by atoms with E-state index in [1.54, 1.807) is 6.07 Å². The molecule has 1 aromatic carbocycles. The summed E-state index contributed by atoms with van der Waals surface area (Å²) in [5.41, 5.74) is 1.32. The Balaban J connectivity index is 0.00000210. The summed E-state index contributed by atoms with van der Waals surface area (Å²) in [5.74, 6) is 0.943. The molecule has 0 aliphatic carbocycles. The predicted octanol–water partition coefficient (Wildman–Crippen LogP) is 1.34. The number of hydrogen-bond donors (Lipinski definition) is 1. The van der Waals surface area contributed by atoms with E-state index < -0.39 is 0 Å². The van der Waals surface area contributed by atoms with E-state index in [2.05, 4.69) is 25.5 Å². The molecule has 1 aliphatic rings. The van der Waals surface area contributed by atoms with Gasteiger partial charge in [-0.2, -0.15) is 10.1 Å². The fourth-order valence-electron chi connectivity index (χ4n) is 3.00. The van der Waals surface area contributed by atoms with Crippen molar-refractivity contribution in [2.75, 3.05) is 26.7 Å². The number of nitrogens with zero attached hydrogens (tertiary/aromatic N) is 5. The molecule has 0 radical (unpaired) electrons. The summed E-state index contributed by atoms with van der Waals surface area (Å²) in [6, 6.07) is 12.9. The second kappa shape index (κ2) is 8.43. The summed E-state index contributed by atoms with van der Waals surface area (Å²) in [6.45, 7) is 3.04. The van der Waals surface area contributed by atoms with Crippen molar-refractivity contribution in [1.82, 2.24) is 30.1 Å². The quantitative estimate of drug-likeness (QED) is 0.721. The van der Waals surface area contributed by atoms with Crippen LogP contribution in [0.2, 0.25) is 0 Å². The van der Waals surface area contributed by atoms with Gasteiger partial charge in [0.05, 0.1) is 12.6 Å². The number of benzene rings is 1. The van der Waals surface area contributed by atoms with Gasteiger partial charge in [-0.05, 0) is 18.7 Å². The van der Waals surface area contributed by atoms with Crippen LogP contribution in [0.25, 0.3) is 11.6 Å². The second-order valence-corrected chi connectivity index (χ2v) is 6.36. The monoisotopic (exact) mass is 388 g/mol. The summed E-state index contributed by atoms with van der Waals surface area (Å²) >= 11 is 0. The predicted molar refractivity (Wildman–Crippen MR) is 103 cm³/mol. The van der Waals surface area contributed by atoms with Crippen LogP contribution < -0.4 is 10.9 Å². The zero-order valence-electron chi connectivity index (χ0n) is 14.9. The summed E-state index contributed by atoms with van der Waals surface area (Å²) in [5, 5.41) is 11.8. The average molecular weight is 389 g/mol. The highest BCUT2D eigenvalue weighted by molar-refractivity contribution is 5.85. The molecule has 0 saturated carbocycles. The Morgan fingerprint density at radius 3 is 2.81 bits per heavy atom. The number of rotatable bonds is 4. The van der Waals surface area contributed by atoms with Crippen molar-refractivity contribution >= 4 is 12.4 Å². The van der Waals surface area contributed by atoms with Gasteiger partial charge in [0.1, 0.15) is 5.69 Å². The summed E-state index contributed by atoms with van der Waals surface area (Å²) in [4.78, 5) is 18.8. The van der Waals surface area contributed by atoms with Crippen LogP contribution in [-0.4, -0.2) is 51.5 Å². The molecule has 1 unspecified atom stereocenters. The second-order valence-electron chi connectivity index (χ2n) is 6.36. The lowest BCUT2D eigenvalue weighted by atomic mass is 10.2. The van der Waals surface area contributed by atoms with Crippen LogP contribution in [0.5, 0.6) is 0 Å². The lowest BCUT2D eigenvalue weighted by Gasteiger charge is -2.30. The third kappa shape index (κ3) is 4.24. The van der Waals surface area contributed by atoms with Crippen molar-refractivity contribution in [2.24, 2.45) is 0 Å². The number of nitrogens with one attached hydrogen (secondary N) is 1. The van der Waals surface area contributed by atoms with Gasteiger partial charge >= 0.3 is 0 Å². The molecular weight excluding hydrogens is 368 g/mol. The van der Waals surface area contributed by atoms with Gasteiger partial charge < -0.3 is 9.84 Å². The van der Waals surface area contributed by atoms with E-state index in [0.717, 1.165) is 25.2 Å². The molecule has 1 fully saturated rings. The van der Waals surface area contributed by atoms with Gasteiger partial charge in [-0.3, -0.25) is 9.69 Å². The molecule has 0 spiro atoms. The van der Waals surface area contributed by atoms with Gasteiger partial charge in [-0.15, -0.1) is 12.4 Å². The first-order valence-corrected chi connectivity index (χ1v) is 8.58. The molecule has 8 nitrogen and oxygen atoms in total. The molecule has 1 N–H and O–H groups in total. The molecule has 0 amide bonds. The standard InChI is InChI=1S/C18H20N6O2.ClH/c1-23-10-9-19-11-15(23)17-20-18(26-22-17)14-7-8-16(25)24(21-14)12-13-5-3-2-4-6-13;/h2-8,15,19H,9-12H2,1H3;1H. The van der Waals surface area contributed by atoms with E-state index in [0.29, 0.717) is 24.0 Å². The minimum atomic E-state index is -0.173.